The highest BCUT2D eigenvalue weighted by Crippen LogP contribution is 2.40. The quantitative estimate of drug-likeness (QED) is 0.431. The van der Waals surface area contributed by atoms with Crippen LogP contribution in [-0.2, 0) is 0 Å². The van der Waals surface area contributed by atoms with Gasteiger partial charge in [0.2, 0.25) is 0 Å². The van der Waals surface area contributed by atoms with E-state index in [0.29, 0.717) is 11.1 Å². The summed E-state index contributed by atoms with van der Waals surface area (Å²) in [5.74, 6) is 12.4. The third-order valence-electron chi connectivity index (χ3n) is 5.30. The van der Waals surface area contributed by atoms with Gasteiger partial charge >= 0.3 is 0 Å². The van der Waals surface area contributed by atoms with Crippen molar-refractivity contribution in [3.8, 4) is 29.4 Å². The molecule has 0 bridgehead atoms. The van der Waals surface area contributed by atoms with Crippen molar-refractivity contribution in [2.45, 2.75) is 46.0 Å². The first kappa shape index (κ1) is 22.2. The van der Waals surface area contributed by atoms with E-state index in [1.54, 1.807) is 30.3 Å². The van der Waals surface area contributed by atoms with Crippen molar-refractivity contribution < 1.29 is 9.50 Å². The van der Waals surface area contributed by atoms with E-state index >= 15 is 4.39 Å². The summed E-state index contributed by atoms with van der Waals surface area (Å²) >= 11 is 0. The average molecular weight is 411 g/mol. The summed E-state index contributed by atoms with van der Waals surface area (Å²) in [6.07, 6.45) is 3.09. The third kappa shape index (κ3) is 5.56. The standard InChI is InChI=1S/C27H21FO.C2H6/c1-19-5-7-20(8-6-19)10-14-24-16-15-23(26(27(24)28)22-3-2-4-22)13-9-21-11-17-25(29)18-12-21;1-2/h5-8,11-12,15-18,22,29H,2-4H2,1H3;1-2H3. The van der Waals surface area contributed by atoms with Crippen LogP contribution < -0.4 is 0 Å². The van der Waals surface area contributed by atoms with E-state index in [1.807, 2.05) is 51.1 Å². The van der Waals surface area contributed by atoms with Gasteiger partial charge in [-0.1, -0.05) is 61.6 Å². The van der Waals surface area contributed by atoms with E-state index in [9.17, 15) is 5.11 Å². The molecule has 1 N–H and O–H groups in total. The molecule has 0 heterocycles. The Morgan fingerprint density at radius 3 is 1.81 bits per heavy atom. The minimum atomic E-state index is -0.244. The van der Waals surface area contributed by atoms with Gasteiger partial charge in [-0.25, -0.2) is 4.39 Å². The minimum absolute atomic E-state index is 0.202. The van der Waals surface area contributed by atoms with Gasteiger partial charge in [0.25, 0.3) is 0 Å². The number of hydrogen-bond donors (Lipinski definition) is 1. The molecule has 156 valence electrons. The minimum Gasteiger partial charge on any atom is -0.508 e. The lowest BCUT2D eigenvalue weighted by atomic mass is 9.77. The van der Waals surface area contributed by atoms with Gasteiger partial charge in [0.15, 0.2) is 0 Å². The molecular formula is C29H27FO. The zero-order chi connectivity index (χ0) is 22.2. The first-order chi connectivity index (χ1) is 15.1. The molecule has 0 aliphatic heterocycles. The van der Waals surface area contributed by atoms with Crippen molar-refractivity contribution in [3.63, 3.8) is 0 Å². The van der Waals surface area contributed by atoms with E-state index in [1.165, 1.54) is 5.56 Å². The van der Waals surface area contributed by atoms with Crippen LogP contribution in [0.1, 0.15) is 72.4 Å². The third-order valence-corrected chi connectivity index (χ3v) is 5.30. The number of hydrogen-bond acceptors (Lipinski definition) is 1. The Labute approximate surface area is 185 Å². The molecule has 1 aliphatic carbocycles. The van der Waals surface area contributed by atoms with E-state index in [4.69, 9.17) is 0 Å². The summed E-state index contributed by atoms with van der Waals surface area (Å²) in [6.45, 7) is 6.03. The molecule has 31 heavy (non-hydrogen) atoms. The van der Waals surface area contributed by atoms with Gasteiger partial charge in [-0.3, -0.25) is 0 Å². The van der Waals surface area contributed by atoms with Crippen LogP contribution >= 0.6 is 0 Å². The van der Waals surface area contributed by atoms with Crippen LogP contribution in [-0.4, -0.2) is 5.11 Å². The maximum Gasteiger partial charge on any atom is 0.143 e. The first-order valence-corrected chi connectivity index (χ1v) is 10.8. The molecule has 0 spiro atoms. The summed E-state index contributed by atoms with van der Waals surface area (Å²) in [5, 5.41) is 9.40. The van der Waals surface area contributed by atoms with Crippen molar-refractivity contribution in [2.24, 2.45) is 0 Å². The second kappa shape index (κ2) is 10.5. The fourth-order valence-electron chi connectivity index (χ4n) is 3.36. The largest absolute Gasteiger partial charge is 0.508 e. The van der Waals surface area contributed by atoms with Crippen LogP contribution in [0.15, 0.2) is 60.7 Å². The van der Waals surface area contributed by atoms with Crippen LogP contribution in [0.3, 0.4) is 0 Å². The molecule has 0 unspecified atom stereocenters. The van der Waals surface area contributed by atoms with Crippen molar-refractivity contribution >= 4 is 0 Å². The topological polar surface area (TPSA) is 20.2 Å². The molecule has 1 saturated carbocycles. The number of phenols is 1. The van der Waals surface area contributed by atoms with Crippen LogP contribution in [0.4, 0.5) is 4.39 Å². The fourth-order valence-corrected chi connectivity index (χ4v) is 3.36. The molecule has 3 aromatic carbocycles. The van der Waals surface area contributed by atoms with Gasteiger partial charge in [-0.05, 0) is 74.2 Å². The van der Waals surface area contributed by atoms with Crippen molar-refractivity contribution in [1.82, 2.24) is 0 Å². The lowest BCUT2D eigenvalue weighted by Crippen LogP contribution is -2.13. The van der Waals surface area contributed by atoms with Gasteiger partial charge in [0.1, 0.15) is 11.6 Å². The van der Waals surface area contributed by atoms with Crippen molar-refractivity contribution in [2.75, 3.05) is 0 Å². The van der Waals surface area contributed by atoms with E-state index < -0.39 is 0 Å². The maximum atomic E-state index is 15.3. The first-order valence-electron chi connectivity index (χ1n) is 10.8. The summed E-state index contributed by atoms with van der Waals surface area (Å²) in [4.78, 5) is 0. The number of aryl methyl sites for hydroxylation is 1. The highest BCUT2D eigenvalue weighted by molar-refractivity contribution is 5.54. The van der Waals surface area contributed by atoms with Crippen LogP contribution in [0, 0.1) is 36.4 Å². The van der Waals surface area contributed by atoms with E-state index in [-0.39, 0.29) is 17.5 Å². The highest BCUT2D eigenvalue weighted by atomic mass is 19.1. The number of phenolic OH excluding ortho intramolecular Hbond substituents is 1. The Morgan fingerprint density at radius 2 is 1.26 bits per heavy atom. The average Bonchev–Trinajstić information content (AvgIpc) is 2.76. The molecule has 0 atom stereocenters. The summed E-state index contributed by atoms with van der Waals surface area (Å²) < 4.78 is 15.3. The van der Waals surface area contributed by atoms with E-state index in [2.05, 4.69) is 23.7 Å². The van der Waals surface area contributed by atoms with Gasteiger partial charge in [0, 0.05) is 22.3 Å². The molecule has 0 saturated heterocycles. The van der Waals surface area contributed by atoms with Crippen molar-refractivity contribution in [1.29, 1.82) is 0 Å². The molecule has 1 nitrogen and oxygen atoms in total. The van der Waals surface area contributed by atoms with Gasteiger partial charge in [0.05, 0.1) is 5.56 Å². The Morgan fingerprint density at radius 1 is 0.742 bits per heavy atom. The van der Waals surface area contributed by atoms with Crippen LogP contribution in [0.5, 0.6) is 5.75 Å². The zero-order valence-electron chi connectivity index (χ0n) is 18.3. The molecule has 1 fully saturated rings. The lowest BCUT2D eigenvalue weighted by Gasteiger charge is -2.27. The molecule has 0 amide bonds. The number of rotatable bonds is 1. The van der Waals surface area contributed by atoms with Crippen LogP contribution in [0.25, 0.3) is 0 Å². The van der Waals surface area contributed by atoms with E-state index in [0.717, 1.165) is 36.0 Å². The molecular weight excluding hydrogens is 383 g/mol. The lowest BCUT2D eigenvalue weighted by molar-refractivity contribution is 0.403. The second-order valence-electron chi connectivity index (χ2n) is 7.43. The zero-order valence-corrected chi connectivity index (χ0v) is 18.3. The summed E-state index contributed by atoms with van der Waals surface area (Å²) in [7, 11) is 0. The highest BCUT2D eigenvalue weighted by Gasteiger charge is 2.26. The Balaban J connectivity index is 0.00000132. The maximum absolute atomic E-state index is 15.3. The van der Waals surface area contributed by atoms with Crippen LogP contribution in [0.2, 0.25) is 0 Å². The molecule has 3 aromatic rings. The summed E-state index contributed by atoms with van der Waals surface area (Å²) in [6, 6.07) is 18.2. The molecule has 0 aromatic heterocycles. The predicted molar refractivity (Wildman–Crippen MR) is 126 cm³/mol. The fraction of sp³-hybridized carbons (Fsp3) is 0.241. The number of benzene rings is 3. The monoisotopic (exact) mass is 410 g/mol. The smallest absolute Gasteiger partial charge is 0.143 e. The Bertz CT molecular complexity index is 1150. The predicted octanol–water partition coefficient (Wildman–Crippen LogP) is 6.93. The molecule has 4 rings (SSSR count). The Kier molecular flexibility index (Phi) is 7.53. The number of aromatic hydroxyl groups is 1. The number of halogens is 1. The van der Waals surface area contributed by atoms with Crippen molar-refractivity contribution in [3.05, 3.63) is 99.9 Å². The Hall–Kier alpha value is -3.49. The van der Waals surface area contributed by atoms with Gasteiger partial charge in [-0.2, -0.15) is 0 Å². The molecule has 0 radical (unpaired) electrons. The van der Waals surface area contributed by atoms with Gasteiger partial charge < -0.3 is 5.11 Å². The summed E-state index contributed by atoms with van der Waals surface area (Å²) in [5.41, 5.74) is 4.66. The van der Waals surface area contributed by atoms with Gasteiger partial charge in [-0.15, -0.1) is 0 Å². The molecule has 2 heteroatoms. The molecule has 1 aliphatic rings. The normalized spacial score (nSPS) is 12.3. The second-order valence-corrected chi connectivity index (χ2v) is 7.43. The SMILES string of the molecule is CC.Cc1ccc(C#Cc2ccc(C#Cc3ccc(O)cc3)c(C3CCC3)c2F)cc1.